The van der Waals surface area contributed by atoms with Gasteiger partial charge in [0.25, 0.3) is 0 Å². The molecule has 1 fully saturated rings. The SMILES string of the molecule is COc1cc2[nH]c3c(N4CCN(c5cc(Cl)ccc5C)CC4)ncnc3c2cc1OC. The number of methoxy groups -OCH3 is 2. The summed E-state index contributed by atoms with van der Waals surface area (Å²) < 4.78 is 10.9. The minimum Gasteiger partial charge on any atom is -0.493 e. The van der Waals surface area contributed by atoms with Crippen LogP contribution in [0.4, 0.5) is 11.5 Å². The normalized spacial score (nSPS) is 14.5. The predicted molar refractivity (Wildman–Crippen MR) is 125 cm³/mol. The number of anilines is 2. The monoisotopic (exact) mass is 437 g/mol. The summed E-state index contributed by atoms with van der Waals surface area (Å²) in [6, 6.07) is 9.97. The third kappa shape index (κ3) is 3.39. The lowest BCUT2D eigenvalue weighted by Gasteiger charge is -2.37. The van der Waals surface area contributed by atoms with Gasteiger partial charge < -0.3 is 24.3 Å². The van der Waals surface area contributed by atoms with Crippen molar-refractivity contribution in [1.82, 2.24) is 15.0 Å². The third-order valence-corrected chi connectivity index (χ3v) is 6.19. The maximum Gasteiger partial charge on any atom is 0.162 e. The molecule has 1 aliphatic rings. The summed E-state index contributed by atoms with van der Waals surface area (Å²) in [4.78, 5) is 17.4. The first-order valence-corrected chi connectivity index (χ1v) is 10.6. The molecule has 31 heavy (non-hydrogen) atoms. The van der Waals surface area contributed by atoms with Crippen LogP contribution in [0.2, 0.25) is 5.02 Å². The molecule has 0 saturated carbocycles. The van der Waals surface area contributed by atoms with Gasteiger partial charge in [0.1, 0.15) is 17.4 Å². The number of piperazine rings is 1. The van der Waals surface area contributed by atoms with Crippen molar-refractivity contribution in [3.63, 3.8) is 0 Å². The number of nitrogens with one attached hydrogen (secondary N) is 1. The van der Waals surface area contributed by atoms with Gasteiger partial charge in [-0.25, -0.2) is 9.97 Å². The summed E-state index contributed by atoms with van der Waals surface area (Å²) in [5, 5.41) is 1.76. The van der Waals surface area contributed by atoms with Crippen LogP contribution < -0.4 is 19.3 Å². The van der Waals surface area contributed by atoms with Crippen LogP contribution in [-0.2, 0) is 0 Å². The van der Waals surface area contributed by atoms with Gasteiger partial charge in [-0.1, -0.05) is 17.7 Å². The highest BCUT2D eigenvalue weighted by atomic mass is 35.5. The molecule has 5 rings (SSSR count). The molecular weight excluding hydrogens is 414 g/mol. The molecule has 8 heteroatoms. The van der Waals surface area contributed by atoms with Crippen molar-refractivity contribution < 1.29 is 9.47 Å². The fraction of sp³-hybridized carbons (Fsp3) is 0.304. The van der Waals surface area contributed by atoms with Gasteiger partial charge in [0.05, 0.1) is 19.7 Å². The zero-order valence-corrected chi connectivity index (χ0v) is 18.5. The number of H-pyrrole nitrogens is 1. The van der Waals surface area contributed by atoms with Crippen LogP contribution in [0.25, 0.3) is 21.9 Å². The van der Waals surface area contributed by atoms with E-state index in [2.05, 4.69) is 37.7 Å². The van der Waals surface area contributed by atoms with Crippen LogP contribution in [0, 0.1) is 6.92 Å². The average molecular weight is 438 g/mol. The van der Waals surface area contributed by atoms with Gasteiger partial charge in [0, 0.05) is 48.3 Å². The first-order valence-electron chi connectivity index (χ1n) is 10.2. The largest absolute Gasteiger partial charge is 0.493 e. The zero-order chi connectivity index (χ0) is 21.5. The van der Waals surface area contributed by atoms with Gasteiger partial charge in [0.15, 0.2) is 17.3 Å². The van der Waals surface area contributed by atoms with Crippen molar-refractivity contribution >= 4 is 45.0 Å². The molecule has 0 spiro atoms. The maximum atomic E-state index is 6.23. The fourth-order valence-corrected chi connectivity index (χ4v) is 4.50. The van der Waals surface area contributed by atoms with Gasteiger partial charge in [0.2, 0.25) is 0 Å². The molecule has 0 atom stereocenters. The number of benzene rings is 2. The van der Waals surface area contributed by atoms with E-state index in [1.54, 1.807) is 20.5 Å². The average Bonchev–Trinajstić information content (AvgIpc) is 3.17. The second kappa shape index (κ2) is 7.81. The first-order chi connectivity index (χ1) is 15.1. The Bertz CT molecular complexity index is 1260. The smallest absolute Gasteiger partial charge is 0.162 e. The number of ether oxygens (including phenoxy) is 2. The van der Waals surface area contributed by atoms with Gasteiger partial charge in [-0.3, -0.25) is 0 Å². The standard InChI is InChI=1S/C23H24ClN5O2/c1-14-4-5-15(24)10-18(14)28-6-8-29(9-7-28)23-22-21(25-13-26-23)16-11-19(30-2)20(31-3)12-17(16)27-22/h4-5,10-13,27H,6-9H2,1-3H3. The lowest BCUT2D eigenvalue weighted by molar-refractivity contribution is 0.356. The van der Waals surface area contributed by atoms with Crippen LogP contribution in [0.5, 0.6) is 11.5 Å². The van der Waals surface area contributed by atoms with Crippen LogP contribution >= 0.6 is 11.6 Å². The van der Waals surface area contributed by atoms with Crippen LogP contribution in [0.3, 0.4) is 0 Å². The summed E-state index contributed by atoms with van der Waals surface area (Å²) in [6.45, 7) is 5.64. The molecule has 1 saturated heterocycles. The Morgan fingerprint density at radius 3 is 2.39 bits per heavy atom. The van der Waals surface area contributed by atoms with E-state index in [1.165, 1.54) is 11.3 Å². The lowest BCUT2D eigenvalue weighted by atomic mass is 10.1. The Morgan fingerprint density at radius 1 is 0.935 bits per heavy atom. The molecule has 160 valence electrons. The minimum absolute atomic E-state index is 0.682. The van der Waals surface area contributed by atoms with Crippen LogP contribution in [0.15, 0.2) is 36.7 Å². The highest BCUT2D eigenvalue weighted by Crippen LogP contribution is 2.37. The summed E-state index contributed by atoms with van der Waals surface area (Å²) in [5.41, 5.74) is 5.20. The highest BCUT2D eigenvalue weighted by Gasteiger charge is 2.23. The van der Waals surface area contributed by atoms with Crippen LogP contribution in [0.1, 0.15) is 5.56 Å². The van der Waals surface area contributed by atoms with Gasteiger partial charge in [-0.15, -0.1) is 0 Å². The number of nitrogens with zero attached hydrogens (tertiary/aromatic N) is 4. The molecule has 2 aromatic carbocycles. The second-order valence-electron chi connectivity index (χ2n) is 7.70. The number of rotatable bonds is 4. The Morgan fingerprint density at radius 2 is 1.65 bits per heavy atom. The third-order valence-electron chi connectivity index (χ3n) is 5.96. The Labute approximate surface area is 185 Å². The molecule has 1 aliphatic heterocycles. The molecular formula is C23H24ClN5O2. The molecule has 2 aromatic heterocycles. The molecule has 0 bridgehead atoms. The van der Waals surface area contributed by atoms with E-state index < -0.39 is 0 Å². The first kappa shape index (κ1) is 19.8. The Kier molecular flexibility index (Phi) is 4.98. The molecule has 0 amide bonds. The lowest BCUT2D eigenvalue weighted by Crippen LogP contribution is -2.47. The van der Waals surface area contributed by atoms with E-state index in [0.29, 0.717) is 11.5 Å². The summed E-state index contributed by atoms with van der Waals surface area (Å²) >= 11 is 6.23. The zero-order valence-electron chi connectivity index (χ0n) is 17.8. The number of hydrogen-bond acceptors (Lipinski definition) is 6. The summed E-state index contributed by atoms with van der Waals surface area (Å²) in [6.07, 6.45) is 1.63. The van der Waals surface area contributed by atoms with Crippen molar-refractivity contribution in [1.29, 1.82) is 0 Å². The minimum atomic E-state index is 0.682. The fourth-order valence-electron chi connectivity index (χ4n) is 4.33. The topological polar surface area (TPSA) is 66.5 Å². The van der Waals surface area contributed by atoms with Crippen molar-refractivity contribution in [3.05, 3.63) is 47.2 Å². The van der Waals surface area contributed by atoms with E-state index in [1.807, 2.05) is 24.3 Å². The van der Waals surface area contributed by atoms with E-state index in [0.717, 1.165) is 59.0 Å². The molecule has 0 aliphatic carbocycles. The predicted octanol–water partition coefficient (Wildman–Crippen LogP) is 4.42. The second-order valence-corrected chi connectivity index (χ2v) is 8.14. The van der Waals surface area contributed by atoms with Crippen molar-refractivity contribution in [2.45, 2.75) is 6.92 Å². The molecule has 4 aromatic rings. The number of halogens is 1. The number of hydrogen-bond donors (Lipinski definition) is 1. The molecule has 3 heterocycles. The molecule has 0 radical (unpaired) electrons. The number of fused-ring (bicyclic) bond motifs is 3. The van der Waals surface area contributed by atoms with E-state index in [4.69, 9.17) is 21.1 Å². The number of aryl methyl sites for hydroxylation is 1. The van der Waals surface area contributed by atoms with E-state index in [-0.39, 0.29) is 0 Å². The maximum absolute atomic E-state index is 6.23. The van der Waals surface area contributed by atoms with Crippen molar-refractivity contribution in [3.8, 4) is 11.5 Å². The highest BCUT2D eigenvalue weighted by molar-refractivity contribution is 6.30. The van der Waals surface area contributed by atoms with Gasteiger partial charge in [-0.05, 0) is 30.7 Å². The van der Waals surface area contributed by atoms with Crippen molar-refractivity contribution in [2.24, 2.45) is 0 Å². The Hall–Kier alpha value is -3.19. The summed E-state index contributed by atoms with van der Waals surface area (Å²) in [5.74, 6) is 2.28. The van der Waals surface area contributed by atoms with Gasteiger partial charge in [-0.2, -0.15) is 0 Å². The number of aromatic nitrogens is 3. The molecule has 7 nitrogen and oxygen atoms in total. The molecule has 0 unspecified atom stereocenters. The van der Waals surface area contributed by atoms with Crippen LogP contribution in [-0.4, -0.2) is 55.4 Å². The summed E-state index contributed by atoms with van der Waals surface area (Å²) in [7, 11) is 3.28. The molecule has 1 N–H and O–H groups in total. The van der Waals surface area contributed by atoms with Crippen molar-refractivity contribution in [2.75, 3.05) is 50.2 Å². The van der Waals surface area contributed by atoms with Gasteiger partial charge >= 0.3 is 0 Å². The Balaban J connectivity index is 1.48. The van der Waals surface area contributed by atoms with E-state index >= 15 is 0 Å². The quantitative estimate of drug-likeness (QED) is 0.510. The number of aromatic amines is 1. The van der Waals surface area contributed by atoms with E-state index in [9.17, 15) is 0 Å².